The smallest absolute Gasteiger partial charge is 0.255 e. The van der Waals surface area contributed by atoms with Crippen molar-refractivity contribution < 1.29 is 0 Å². The lowest BCUT2D eigenvalue weighted by Gasteiger charge is -2.29. The Morgan fingerprint density at radius 3 is 2.61 bits per heavy atom. The van der Waals surface area contributed by atoms with Gasteiger partial charge in [-0.15, -0.1) is 0 Å². The molecule has 0 radical (unpaired) electrons. The van der Waals surface area contributed by atoms with Crippen LogP contribution < -0.4 is 5.56 Å². The third-order valence-corrected chi connectivity index (χ3v) is 4.74. The molecule has 0 amide bonds. The summed E-state index contributed by atoms with van der Waals surface area (Å²) in [6, 6.07) is 6.41. The first-order valence-electron chi connectivity index (χ1n) is 8.35. The predicted molar refractivity (Wildman–Crippen MR) is 92.7 cm³/mol. The van der Waals surface area contributed by atoms with Gasteiger partial charge >= 0.3 is 0 Å². The number of rotatable bonds is 3. The molecule has 0 fully saturated rings. The van der Waals surface area contributed by atoms with Crippen molar-refractivity contribution in [3.8, 4) is 0 Å². The zero-order valence-corrected chi connectivity index (χ0v) is 14.4. The summed E-state index contributed by atoms with van der Waals surface area (Å²) in [5.74, 6) is 1.05. The minimum atomic E-state index is 0.0323. The Labute approximate surface area is 137 Å². The van der Waals surface area contributed by atoms with Gasteiger partial charge < -0.3 is 4.98 Å². The van der Waals surface area contributed by atoms with Crippen molar-refractivity contribution in [3.05, 3.63) is 62.3 Å². The molecule has 3 rings (SSSR count). The van der Waals surface area contributed by atoms with E-state index in [0.29, 0.717) is 6.54 Å². The summed E-state index contributed by atoms with van der Waals surface area (Å²) in [5, 5.41) is 0. The van der Waals surface area contributed by atoms with E-state index >= 15 is 0 Å². The second kappa shape index (κ2) is 6.28. The molecule has 23 heavy (non-hydrogen) atoms. The Hall–Kier alpha value is -1.94. The Kier molecular flexibility index (Phi) is 4.35. The maximum atomic E-state index is 12.4. The fraction of sp³-hybridized carbons (Fsp3) is 0.474. The fourth-order valence-electron chi connectivity index (χ4n) is 3.23. The summed E-state index contributed by atoms with van der Waals surface area (Å²) in [5.41, 5.74) is 5.86. The molecular weight excluding hydrogens is 286 g/mol. The molecule has 0 saturated carbocycles. The molecule has 0 aliphatic carbocycles. The Morgan fingerprint density at radius 1 is 1.26 bits per heavy atom. The highest BCUT2D eigenvalue weighted by atomic mass is 16.1. The second-order valence-electron chi connectivity index (χ2n) is 6.86. The lowest BCUT2D eigenvalue weighted by atomic mass is 10.0. The van der Waals surface area contributed by atoms with E-state index in [1.807, 2.05) is 0 Å². The normalized spacial score (nSPS) is 15.0. The first-order chi connectivity index (χ1) is 11.0. The highest BCUT2D eigenvalue weighted by molar-refractivity contribution is 5.33. The Morgan fingerprint density at radius 2 is 1.96 bits per heavy atom. The summed E-state index contributed by atoms with van der Waals surface area (Å²) < 4.78 is 0. The van der Waals surface area contributed by atoms with E-state index in [1.54, 1.807) is 0 Å². The molecule has 2 heterocycles. The third kappa shape index (κ3) is 3.22. The van der Waals surface area contributed by atoms with Crippen LogP contribution in [0.1, 0.15) is 53.5 Å². The van der Waals surface area contributed by atoms with Gasteiger partial charge in [-0.3, -0.25) is 9.69 Å². The van der Waals surface area contributed by atoms with Crippen molar-refractivity contribution in [2.24, 2.45) is 0 Å². The van der Waals surface area contributed by atoms with E-state index in [2.05, 4.69) is 60.8 Å². The van der Waals surface area contributed by atoms with Crippen LogP contribution in [0.25, 0.3) is 0 Å². The lowest BCUT2D eigenvalue weighted by Crippen LogP contribution is -2.36. The zero-order valence-electron chi connectivity index (χ0n) is 14.4. The lowest BCUT2D eigenvalue weighted by molar-refractivity contribution is 0.240. The van der Waals surface area contributed by atoms with Gasteiger partial charge in [-0.2, -0.15) is 0 Å². The van der Waals surface area contributed by atoms with Crippen molar-refractivity contribution in [2.75, 3.05) is 6.54 Å². The molecule has 1 aromatic heterocycles. The van der Waals surface area contributed by atoms with Crippen molar-refractivity contribution in [3.63, 3.8) is 0 Å². The molecule has 122 valence electrons. The number of aromatic nitrogens is 2. The molecule has 0 atom stereocenters. The predicted octanol–water partition coefficient (Wildman–Crippen LogP) is 3.07. The van der Waals surface area contributed by atoms with Crippen LogP contribution in [0, 0.1) is 13.8 Å². The molecule has 0 unspecified atom stereocenters. The largest absolute Gasteiger partial charge is 0.310 e. The van der Waals surface area contributed by atoms with E-state index in [4.69, 9.17) is 0 Å². The van der Waals surface area contributed by atoms with Crippen LogP contribution in [0.15, 0.2) is 23.0 Å². The summed E-state index contributed by atoms with van der Waals surface area (Å²) in [6.07, 6.45) is 0.851. The van der Waals surface area contributed by atoms with Gasteiger partial charge in [0.25, 0.3) is 5.56 Å². The molecule has 4 nitrogen and oxygen atoms in total. The van der Waals surface area contributed by atoms with Crippen molar-refractivity contribution in [1.82, 2.24) is 14.9 Å². The number of nitrogens with one attached hydrogen (secondary N) is 1. The molecule has 1 aliphatic rings. The molecule has 1 aliphatic heterocycles. The molecule has 1 N–H and O–H groups in total. The van der Waals surface area contributed by atoms with Gasteiger partial charge in [0.15, 0.2) is 0 Å². The van der Waals surface area contributed by atoms with Gasteiger partial charge in [0.1, 0.15) is 5.82 Å². The number of benzene rings is 1. The molecule has 4 heteroatoms. The van der Waals surface area contributed by atoms with Gasteiger partial charge in [0, 0.05) is 32.0 Å². The molecule has 2 aromatic rings. The fourth-order valence-corrected chi connectivity index (χ4v) is 3.23. The third-order valence-electron chi connectivity index (χ3n) is 4.74. The second-order valence-corrected chi connectivity index (χ2v) is 6.86. The molecule has 0 spiro atoms. The van der Waals surface area contributed by atoms with E-state index in [-0.39, 0.29) is 11.5 Å². The number of hydrogen-bond acceptors (Lipinski definition) is 3. The number of aryl methyl sites for hydroxylation is 2. The van der Waals surface area contributed by atoms with E-state index in [9.17, 15) is 4.79 Å². The standard InChI is InChI=1S/C19H25N3O/c1-12(2)18-20-17-8-9-22(11-16(17)19(23)21-18)10-15-13(3)6-5-7-14(15)4/h5-7,12H,8-11H2,1-4H3,(H,20,21,23). The number of hydrogen-bond donors (Lipinski definition) is 1. The maximum Gasteiger partial charge on any atom is 0.255 e. The molecular formula is C19H25N3O. The van der Waals surface area contributed by atoms with Crippen LogP contribution in [0.4, 0.5) is 0 Å². The Bertz CT molecular complexity index is 756. The topological polar surface area (TPSA) is 49.0 Å². The molecule has 0 saturated heterocycles. The van der Waals surface area contributed by atoms with Crippen LogP contribution in [-0.2, 0) is 19.5 Å². The number of aromatic amines is 1. The first kappa shape index (κ1) is 15.9. The van der Waals surface area contributed by atoms with E-state index in [0.717, 1.165) is 36.6 Å². The van der Waals surface area contributed by atoms with Crippen molar-refractivity contribution >= 4 is 0 Å². The summed E-state index contributed by atoms with van der Waals surface area (Å²) in [4.78, 5) is 22.4. The van der Waals surface area contributed by atoms with Gasteiger partial charge in [-0.25, -0.2) is 4.98 Å². The highest BCUT2D eigenvalue weighted by Crippen LogP contribution is 2.21. The maximum absolute atomic E-state index is 12.4. The molecule has 1 aromatic carbocycles. The number of H-pyrrole nitrogens is 1. The van der Waals surface area contributed by atoms with Crippen LogP contribution in [-0.4, -0.2) is 21.4 Å². The molecule has 0 bridgehead atoms. The minimum absolute atomic E-state index is 0.0323. The van der Waals surface area contributed by atoms with Crippen LogP contribution >= 0.6 is 0 Å². The van der Waals surface area contributed by atoms with Crippen molar-refractivity contribution in [2.45, 2.75) is 53.1 Å². The number of fused-ring (bicyclic) bond motifs is 1. The van der Waals surface area contributed by atoms with Gasteiger partial charge in [-0.05, 0) is 30.5 Å². The van der Waals surface area contributed by atoms with Crippen LogP contribution in [0.3, 0.4) is 0 Å². The SMILES string of the molecule is Cc1cccc(C)c1CN1CCc2nc(C(C)C)[nH]c(=O)c2C1. The quantitative estimate of drug-likeness (QED) is 0.947. The van der Waals surface area contributed by atoms with Crippen LogP contribution in [0.5, 0.6) is 0 Å². The highest BCUT2D eigenvalue weighted by Gasteiger charge is 2.22. The summed E-state index contributed by atoms with van der Waals surface area (Å²) in [6.45, 7) is 11.0. The minimum Gasteiger partial charge on any atom is -0.310 e. The summed E-state index contributed by atoms with van der Waals surface area (Å²) in [7, 11) is 0. The number of nitrogens with zero attached hydrogens (tertiary/aromatic N) is 2. The van der Waals surface area contributed by atoms with Crippen molar-refractivity contribution in [1.29, 1.82) is 0 Å². The Balaban J connectivity index is 1.85. The van der Waals surface area contributed by atoms with E-state index in [1.165, 1.54) is 16.7 Å². The monoisotopic (exact) mass is 311 g/mol. The summed E-state index contributed by atoms with van der Waals surface area (Å²) >= 11 is 0. The van der Waals surface area contributed by atoms with Gasteiger partial charge in [0.2, 0.25) is 0 Å². The average molecular weight is 311 g/mol. The van der Waals surface area contributed by atoms with Gasteiger partial charge in [-0.1, -0.05) is 32.0 Å². The van der Waals surface area contributed by atoms with E-state index < -0.39 is 0 Å². The van der Waals surface area contributed by atoms with Crippen LogP contribution in [0.2, 0.25) is 0 Å². The first-order valence-corrected chi connectivity index (χ1v) is 8.35. The van der Waals surface area contributed by atoms with Gasteiger partial charge in [0.05, 0.1) is 11.3 Å². The zero-order chi connectivity index (χ0) is 16.6. The average Bonchev–Trinajstić information content (AvgIpc) is 2.51.